The van der Waals surface area contributed by atoms with Crippen LogP contribution < -0.4 is 10.6 Å². The van der Waals surface area contributed by atoms with Gasteiger partial charge in [-0.25, -0.2) is 15.0 Å². The van der Waals surface area contributed by atoms with Gasteiger partial charge in [0.25, 0.3) is 0 Å². The summed E-state index contributed by atoms with van der Waals surface area (Å²) in [5.41, 5.74) is -1.11. The van der Waals surface area contributed by atoms with Gasteiger partial charge >= 0.3 is 6.18 Å². The van der Waals surface area contributed by atoms with Crippen LogP contribution in [0.2, 0.25) is 0 Å². The van der Waals surface area contributed by atoms with E-state index in [-0.39, 0.29) is 17.6 Å². The van der Waals surface area contributed by atoms with Crippen LogP contribution in [0.4, 0.5) is 30.5 Å². The minimum absolute atomic E-state index is 0.00260. The molecule has 31 heavy (non-hydrogen) atoms. The van der Waals surface area contributed by atoms with E-state index in [1.54, 1.807) is 38.2 Å². The third kappa shape index (κ3) is 5.88. The smallest absolute Gasteiger partial charge is 0.384 e. The highest BCUT2D eigenvalue weighted by atomic mass is 19.4. The lowest BCUT2D eigenvalue weighted by atomic mass is 10.0. The zero-order valence-electron chi connectivity index (χ0n) is 17.5. The van der Waals surface area contributed by atoms with E-state index in [0.717, 1.165) is 6.07 Å². The van der Waals surface area contributed by atoms with E-state index in [9.17, 15) is 18.3 Å². The Hall–Kier alpha value is -3.27. The molecule has 0 unspecified atom stereocenters. The number of rotatable bonds is 6. The van der Waals surface area contributed by atoms with Crippen molar-refractivity contribution in [3.05, 3.63) is 54.0 Å². The van der Waals surface area contributed by atoms with Crippen molar-refractivity contribution in [2.75, 3.05) is 10.6 Å². The Kier molecular flexibility index (Phi) is 6.12. The number of halogens is 3. The van der Waals surface area contributed by atoms with Crippen molar-refractivity contribution in [2.45, 2.75) is 45.5 Å². The molecule has 164 valence electrons. The molecule has 10 heteroatoms. The summed E-state index contributed by atoms with van der Waals surface area (Å²) in [5, 5.41) is 16.4. The van der Waals surface area contributed by atoms with Gasteiger partial charge in [-0.15, -0.1) is 0 Å². The van der Waals surface area contributed by atoms with Crippen molar-refractivity contribution in [2.24, 2.45) is 0 Å². The first kappa shape index (κ1) is 22.4. The first-order valence-corrected chi connectivity index (χ1v) is 9.58. The van der Waals surface area contributed by atoms with Crippen molar-refractivity contribution in [3.63, 3.8) is 0 Å². The number of hydrogen-bond donors (Lipinski definition) is 3. The van der Waals surface area contributed by atoms with E-state index < -0.39 is 17.5 Å². The van der Waals surface area contributed by atoms with Crippen LogP contribution in [0.5, 0.6) is 0 Å². The summed E-state index contributed by atoms with van der Waals surface area (Å²) in [6.45, 7) is 7.06. The third-order valence-corrected chi connectivity index (χ3v) is 4.09. The number of aliphatic hydroxyl groups is 1. The molecule has 7 nitrogen and oxygen atoms in total. The molecule has 0 amide bonds. The van der Waals surface area contributed by atoms with Gasteiger partial charge in [0, 0.05) is 24.0 Å². The molecule has 0 aliphatic rings. The average Bonchev–Trinajstić information content (AvgIpc) is 2.66. The molecule has 0 aliphatic carbocycles. The Balaban J connectivity index is 2.02. The predicted octanol–water partition coefficient (Wildman–Crippen LogP) is 4.74. The van der Waals surface area contributed by atoms with Crippen LogP contribution in [0.25, 0.3) is 11.5 Å². The number of hydrogen-bond acceptors (Lipinski definition) is 7. The van der Waals surface area contributed by atoms with Crippen LogP contribution in [0.3, 0.4) is 0 Å². The lowest BCUT2D eigenvalue weighted by molar-refractivity contribution is -0.141. The van der Waals surface area contributed by atoms with Crippen molar-refractivity contribution in [1.29, 1.82) is 0 Å². The summed E-state index contributed by atoms with van der Waals surface area (Å²) in [6.07, 6.45) is -3.03. The topological polar surface area (TPSA) is 95.9 Å². The van der Waals surface area contributed by atoms with Gasteiger partial charge in [0.2, 0.25) is 0 Å². The molecule has 3 rings (SSSR count). The SMILES string of the molecule is CC(C)Nc1cc(Nc2ccnc(C(C)(C)O)c2)nc(-c2cccc(C(F)(F)F)n2)n1. The Labute approximate surface area is 177 Å². The monoisotopic (exact) mass is 432 g/mol. The maximum absolute atomic E-state index is 13.1. The molecule has 0 fully saturated rings. The van der Waals surface area contributed by atoms with Gasteiger partial charge in [-0.05, 0) is 52.0 Å². The van der Waals surface area contributed by atoms with Gasteiger partial charge in [0.1, 0.15) is 28.6 Å². The molecule has 3 N–H and O–H groups in total. The Morgan fingerprint density at radius 3 is 2.29 bits per heavy atom. The highest BCUT2D eigenvalue weighted by Crippen LogP contribution is 2.30. The second-order valence-electron chi connectivity index (χ2n) is 7.78. The Bertz CT molecular complexity index is 1060. The van der Waals surface area contributed by atoms with Gasteiger partial charge in [-0.2, -0.15) is 13.2 Å². The van der Waals surface area contributed by atoms with E-state index in [0.29, 0.717) is 23.0 Å². The van der Waals surface area contributed by atoms with Crippen molar-refractivity contribution >= 4 is 17.3 Å². The van der Waals surface area contributed by atoms with Gasteiger partial charge in [-0.3, -0.25) is 4.98 Å². The summed E-state index contributed by atoms with van der Waals surface area (Å²) in [4.78, 5) is 16.5. The number of nitrogens with zero attached hydrogens (tertiary/aromatic N) is 4. The molecule has 3 heterocycles. The van der Waals surface area contributed by atoms with Crippen LogP contribution in [0, 0.1) is 0 Å². The minimum Gasteiger partial charge on any atom is -0.384 e. The highest BCUT2D eigenvalue weighted by Gasteiger charge is 2.32. The first-order valence-electron chi connectivity index (χ1n) is 9.58. The normalized spacial score (nSPS) is 12.2. The number of aromatic nitrogens is 4. The quantitative estimate of drug-likeness (QED) is 0.518. The number of pyridine rings is 2. The maximum Gasteiger partial charge on any atom is 0.433 e. The second kappa shape index (κ2) is 8.46. The molecule has 0 spiro atoms. The molecule has 0 aliphatic heterocycles. The minimum atomic E-state index is -4.57. The summed E-state index contributed by atoms with van der Waals surface area (Å²) < 4.78 is 39.2. The molecule has 0 atom stereocenters. The van der Waals surface area contributed by atoms with E-state index in [1.807, 2.05) is 13.8 Å². The van der Waals surface area contributed by atoms with Gasteiger partial charge < -0.3 is 15.7 Å². The fourth-order valence-electron chi connectivity index (χ4n) is 2.70. The van der Waals surface area contributed by atoms with Gasteiger partial charge in [0.05, 0.1) is 5.69 Å². The average molecular weight is 432 g/mol. The van der Waals surface area contributed by atoms with Crippen LogP contribution in [-0.2, 0) is 11.8 Å². The summed E-state index contributed by atoms with van der Waals surface area (Å²) >= 11 is 0. The summed E-state index contributed by atoms with van der Waals surface area (Å²) in [7, 11) is 0. The van der Waals surface area contributed by atoms with Crippen LogP contribution in [0.15, 0.2) is 42.6 Å². The van der Waals surface area contributed by atoms with E-state index in [1.165, 1.54) is 12.1 Å². The Morgan fingerprint density at radius 2 is 1.65 bits per heavy atom. The number of anilines is 3. The molecule has 3 aromatic heterocycles. The molecule has 0 bridgehead atoms. The third-order valence-electron chi connectivity index (χ3n) is 4.09. The van der Waals surface area contributed by atoms with E-state index in [2.05, 4.69) is 30.6 Å². The fraction of sp³-hybridized carbons (Fsp3) is 0.333. The zero-order valence-corrected chi connectivity index (χ0v) is 17.5. The van der Waals surface area contributed by atoms with Gasteiger partial charge in [-0.1, -0.05) is 6.07 Å². The van der Waals surface area contributed by atoms with Crippen molar-refractivity contribution in [1.82, 2.24) is 19.9 Å². The predicted molar refractivity (Wildman–Crippen MR) is 112 cm³/mol. The van der Waals surface area contributed by atoms with E-state index in [4.69, 9.17) is 0 Å². The molecule has 0 saturated carbocycles. The van der Waals surface area contributed by atoms with E-state index >= 15 is 0 Å². The molecule has 0 radical (unpaired) electrons. The lowest BCUT2D eigenvalue weighted by Gasteiger charge is -2.18. The largest absolute Gasteiger partial charge is 0.433 e. The lowest BCUT2D eigenvalue weighted by Crippen LogP contribution is -2.17. The van der Waals surface area contributed by atoms with Crippen LogP contribution >= 0.6 is 0 Å². The van der Waals surface area contributed by atoms with Crippen LogP contribution in [-0.4, -0.2) is 31.1 Å². The zero-order chi connectivity index (χ0) is 22.8. The summed E-state index contributed by atoms with van der Waals surface area (Å²) in [6, 6.07) is 8.62. The second-order valence-corrected chi connectivity index (χ2v) is 7.78. The van der Waals surface area contributed by atoms with Crippen molar-refractivity contribution < 1.29 is 18.3 Å². The molecular weight excluding hydrogens is 409 g/mol. The summed E-state index contributed by atoms with van der Waals surface area (Å²) in [5.74, 6) is 0.815. The fourth-order valence-corrected chi connectivity index (χ4v) is 2.70. The highest BCUT2D eigenvalue weighted by molar-refractivity contribution is 5.64. The van der Waals surface area contributed by atoms with Gasteiger partial charge in [0.15, 0.2) is 5.82 Å². The standard InChI is InChI=1S/C21H23F3N6O/c1-12(2)26-17-11-18(27-13-8-9-25-16(10-13)20(3,4)31)30-19(29-17)14-6-5-7-15(28-14)21(22,23)24/h5-12,31H,1-4H3,(H2,25,26,27,29,30). The van der Waals surface area contributed by atoms with Crippen LogP contribution in [0.1, 0.15) is 39.1 Å². The first-order chi connectivity index (χ1) is 14.4. The number of alkyl halides is 3. The Morgan fingerprint density at radius 1 is 0.935 bits per heavy atom. The molecule has 3 aromatic rings. The molecule has 0 aromatic carbocycles. The molecule has 0 saturated heterocycles. The molecular formula is C21H23F3N6O. The number of nitrogens with one attached hydrogen (secondary N) is 2. The van der Waals surface area contributed by atoms with Crippen molar-refractivity contribution in [3.8, 4) is 11.5 Å². The maximum atomic E-state index is 13.1.